The highest BCUT2D eigenvalue weighted by atomic mass is 16.2. The lowest BCUT2D eigenvalue weighted by Crippen LogP contribution is -2.55. The molecular formula is C15H17N3O2. The molecule has 1 aromatic carbocycles. The summed E-state index contributed by atoms with van der Waals surface area (Å²) in [5, 5.41) is 0. The summed E-state index contributed by atoms with van der Waals surface area (Å²) in [7, 11) is 0. The second-order valence-corrected chi connectivity index (χ2v) is 4.87. The summed E-state index contributed by atoms with van der Waals surface area (Å²) in [4.78, 5) is 30.7. The van der Waals surface area contributed by atoms with Crippen LogP contribution < -0.4 is 0 Å². The van der Waals surface area contributed by atoms with Gasteiger partial charge in [-0.2, -0.15) is 0 Å². The molecule has 0 bridgehead atoms. The Morgan fingerprint density at radius 2 is 2.00 bits per heavy atom. The van der Waals surface area contributed by atoms with Crippen molar-refractivity contribution in [3.05, 3.63) is 47.3 Å². The molecule has 1 aliphatic heterocycles. The van der Waals surface area contributed by atoms with Crippen LogP contribution in [0.25, 0.3) is 4.85 Å². The van der Waals surface area contributed by atoms with E-state index in [1.54, 1.807) is 21.9 Å². The zero-order valence-electron chi connectivity index (χ0n) is 11.5. The zero-order chi connectivity index (χ0) is 14.5. The average Bonchev–Trinajstić information content (AvgIpc) is 2.47. The van der Waals surface area contributed by atoms with Crippen LogP contribution in [-0.2, 0) is 4.79 Å². The molecule has 20 heavy (non-hydrogen) atoms. The van der Waals surface area contributed by atoms with Crippen molar-refractivity contribution in [3.8, 4) is 0 Å². The summed E-state index contributed by atoms with van der Waals surface area (Å²) in [6, 6.07) is 9.09. The molecule has 0 aliphatic carbocycles. The second-order valence-electron chi connectivity index (χ2n) is 4.87. The van der Waals surface area contributed by atoms with E-state index in [0.717, 1.165) is 0 Å². The van der Waals surface area contributed by atoms with Gasteiger partial charge in [0.25, 0.3) is 12.5 Å². The van der Waals surface area contributed by atoms with Crippen molar-refractivity contribution < 1.29 is 9.59 Å². The Morgan fingerprint density at radius 1 is 1.30 bits per heavy atom. The van der Waals surface area contributed by atoms with Crippen LogP contribution in [0, 0.1) is 6.57 Å². The minimum atomic E-state index is -0.153. The van der Waals surface area contributed by atoms with E-state index >= 15 is 0 Å². The van der Waals surface area contributed by atoms with Gasteiger partial charge in [-0.25, -0.2) is 6.57 Å². The van der Waals surface area contributed by atoms with Crippen LogP contribution in [0.5, 0.6) is 0 Å². The van der Waals surface area contributed by atoms with Crippen molar-refractivity contribution in [1.82, 2.24) is 9.80 Å². The summed E-state index contributed by atoms with van der Waals surface area (Å²) in [6.45, 7) is 10.1. The van der Waals surface area contributed by atoms with Crippen molar-refractivity contribution in [2.75, 3.05) is 26.2 Å². The Labute approximate surface area is 118 Å². The molecule has 0 N–H and O–H groups in total. The van der Waals surface area contributed by atoms with Crippen molar-refractivity contribution in [3.63, 3.8) is 0 Å². The van der Waals surface area contributed by atoms with E-state index in [9.17, 15) is 9.59 Å². The molecule has 1 heterocycles. The molecule has 2 rings (SSSR count). The third kappa shape index (κ3) is 2.97. The van der Waals surface area contributed by atoms with Crippen molar-refractivity contribution in [2.24, 2.45) is 0 Å². The van der Waals surface area contributed by atoms with Crippen LogP contribution in [0.2, 0.25) is 0 Å². The lowest BCUT2D eigenvalue weighted by Gasteiger charge is -2.39. The quantitative estimate of drug-likeness (QED) is 0.761. The fraction of sp³-hybridized carbons (Fsp3) is 0.400. The van der Waals surface area contributed by atoms with Gasteiger partial charge in [-0.1, -0.05) is 18.2 Å². The highest BCUT2D eigenvalue weighted by molar-refractivity contribution is 5.94. The van der Waals surface area contributed by atoms with Gasteiger partial charge in [0, 0.05) is 31.2 Å². The Balaban J connectivity index is 2.01. The number of carbonyl (C=O) groups is 2. The first-order valence-corrected chi connectivity index (χ1v) is 6.60. The number of benzene rings is 1. The molecule has 104 valence electrons. The van der Waals surface area contributed by atoms with Crippen LogP contribution in [0.15, 0.2) is 30.3 Å². The minimum absolute atomic E-state index is 0.00488. The molecule has 5 nitrogen and oxygen atoms in total. The van der Waals surface area contributed by atoms with Gasteiger partial charge in [-0.15, -0.1) is 0 Å². The van der Waals surface area contributed by atoms with E-state index in [-0.39, 0.29) is 24.4 Å². The maximum Gasteiger partial charge on any atom is 0.303 e. The molecular weight excluding hydrogens is 254 g/mol. The maximum absolute atomic E-state index is 12.3. The smallest absolute Gasteiger partial charge is 0.303 e. The molecule has 0 radical (unpaired) electrons. The normalized spacial score (nSPS) is 18.5. The largest absolute Gasteiger partial charge is 0.335 e. The highest BCUT2D eigenvalue weighted by Gasteiger charge is 2.30. The summed E-state index contributed by atoms with van der Waals surface area (Å²) < 4.78 is 0. The van der Waals surface area contributed by atoms with Crippen molar-refractivity contribution in [2.45, 2.75) is 13.0 Å². The van der Waals surface area contributed by atoms with Gasteiger partial charge >= 0.3 is 5.91 Å². The van der Waals surface area contributed by atoms with E-state index in [2.05, 4.69) is 4.85 Å². The van der Waals surface area contributed by atoms with Gasteiger partial charge in [-0.05, 0) is 19.1 Å². The van der Waals surface area contributed by atoms with E-state index in [0.29, 0.717) is 25.2 Å². The molecule has 1 fully saturated rings. The number of amides is 2. The second kappa shape index (κ2) is 6.20. The predicted octanol–water partition coefficient (Wildman–Crippen LogP) is 1.28. The van der Waals surface area contributed by atoms with Gasteiger partial charge in [0.05, 0.1) is 0 Å². The summed E-state index contributed by atoms with van der Waals surface area (Å²) in [5.41, 5.74) is 0.667. The van der Waals surface area contributed by atoms with E-state index < -0.39 is 0 Å². The molecule has 1 aromatic rings. The monoisotopic (exact) mass is 271 g/mol. The number of carbonyl (C=O) groups excluding carboxylic acids is 2. The van der Waals surface area contributed by atoms with Gasteiger partial charge in [-0.3, -0.25) is 9.59 Å². The van der Waals surface area contributed by atoms with E-state index in [1.807, 2.05) is 25.1 Å². The lowest BCUT2D eigenvalue weighted by atomic mass is 10.1. The number of rotatable bonds is 2. The summed E-state index contributed by atoms with van der Waals surface area (Å²) in [5.74, 6) is -0.158. The molecule has 0 spiro atoms. The molecule has 1 saturated heterocycles. The summed E-state index contributed by atoms with van der Waals surface area (Å²) >= 11 is 0. The van der Waals surface area contributed by atoms with Crippen molar-refractivity contribution >= 4 is 11.8 Å². The number of hydrogen-bond acceptors (Lipinski definition) is 2. The van der Waals surface area contributed by atoms with Gasteiger partial charge in [0.15, 0.2) is 0 Å². The van der Waals surface area contributed by atoms with Crippen molar-refractivity contribution in [1.29, 1.82) is 0 Å². The van der Waals surface area contributed by atoms with Crippen LogP contribution in [0.4, 0.5) is 0 Å². The topological polar surface area (TPSA) is 45.0 Å². The summed E-state index contributed by atoms with van der Waals surface area (Å²) in [6.07, 6.45) is 0. The molecule has 2 amide bonds. The first-order valence-electron chi connectivity index (χ1n) is 6.60. The van der Waals surface area contributed by atoms with Gasteiger partial charge < -0.3 is 14.6 Å². The molecule has 0 saturated carbocycles. The fourth-order valence-electron chi connectivity index (χ4n) is 2.43. The lowest BCUT2D eigenvalue weighted by molar-refractivity contribution is -0.133. The Hall–Kier alpha value is -2.35. The molecule has 5 heteroatoms. The maximum atomic E-state index is 12.3. The van der Waals surface area contributed by atoms with Gasteiger partial charge in [0.2, 0.25) is 0 Å². The Bertz CT molecular complexity index is 536. The molecule has 1 atom stereocenters. The molecule has 0 aromatic heterocycles. The molecule has 1 unspecified atom stereocenters. The Morgan fingerprint density at radius 3 is 2.60 bits per heavy atom. The van der Waals surface area contributed by atoms with Gasteiger partial charge in [0.1, 0.15) is 0 Å². The highest BCUT2D eigenvalue weighted by Crippen LogP contribution is 2.13. The van der Waals surface area contributed by atoms with E-state index in [4.69, 9.17) is 6.57 Å². The Kier molecular flexibility index (Phi) is 4.36. The van der Waals surface area contributed by atoms with E-state index in [1.165, 1.54) is 0 Å². The number of hydrogen-bond donors (Lipinski definition) is 0. The van der Waals surface area contributed by atoms with Crippen LogP contribution in [-0.4, -0.2) is 53.8 Å². The third-order valence-electron chi connectivity index (χ3n) is 3.47. The average molecular weight is 271 g/mol. The SMILES string of the molecule is [C-]#[N+]CC(=O)N1CCN(C(=O)c2ccccc2)CC1C. The fourth-order valence-corrected chi connectivity index (χ4v) is 2.43. The van der Waals surface area contributed by atoms with Crippen LogP contribution in [0.1, 0.15) is 17.3 Å². The van der Waals surface area contributed by atoms with Crippen LogP contribution in [0.3, 0.4) is 0 Å². The number of nitrogens with zero attached hydrogens (tertiary/aromatic N) is 3. The minimum Gasteiger partial charge on any atom is -0.335 e. The molecule has 1 aliphatic rings. The predicted molar refractivity (Wildman–Crippen MR) is 75.0 cm³/mol. The standard InChI is InChI=1S/C15H17N3O2/c1-12-11-17(8-9-18(12)14(19)10-16-2)15(20)13-6-4-3-5-7-13/h3-7,12H,8-11H2,1H3. The first-order chi connectivity index (χ1) is 9.63. The zero-order valence-corrected chi connectivity index (χ0v) is 11.5. The van der Waals surface area contributed by atoms with Crippen LogP contribution >= 0.6 is 0 Å². The third-order valence-corrected chi connectivity index (χ3v) is 3.47. The number of piperazine rings is 1. The first kappa shape index (κ1) is 14.1.